The molecule has 0 radical (unpaired) electrons. The van der Waals surface area contributed by atoms with Crippen LogP contribution in [0.1, 0.15) is 48.2 Å². The second-order valence-corrected chi connectivity index (χ2v) is 11.7. The predicted molar refractivity (Wildman–Crippen MR) is 178 cm³/mol. The molecule has 0 saturated heterocycles. The minimum absolute atomic E-state index is 0.237. The van der Waals surface area contributed by atoms with E-state index in [1.807, 2.05) is 50.2 Å². The normalized spacial score (nSPS) is 12.3. The molecule has 0 spiro atoms. The van der Waals surface area contributed by atoms with Gasteiger partial charge >= 0.3 is 0 Å². The molecular weight excluding hydrogens is 584 g/mol. The lowest BCUT2D eigenvalue weighted by Crippen LogP contribution is -2.48. The van der Waals surface area contributed by atoms with Gasteiger partial charge in [-0.1, -0.05) is 43.2 Å². The van der Waals surface area contributed by atoms with E-state index in [0.29, 0.717) is 40.7 Å². The Morgan fingerprint density at radius 3 is 2.11 bits per heavy atom. The minimum Gasteiger partial charge on any atom is -0.493 e. The number of rotatable bonds is 17. The van der Waals surface area contributed by atoms with Gasteiger partial charge < -0.3 is 29.2 Å². The van der Waals surface area contributed by atoms with Crippen LogP contribution in [-0.2, 0) is 11.8 Å². The molecule has 1 N–H and O–H groups in total. The lowest BCUT2D eigenvalue weighted by molar-refractivity contribution is 0.0913. The molecule has 0 saturated carbocycles. The second kappa shape index (κ2) is 16.4. The van der Waals surface area contributed by atoms with E-state index in [1.54, 1.807) is 52.7 Å². The molecule has 0 aliphatic heterocycles. The summed E-state index contributed by atoms with van der Waals surface area (Å²) in [6.07, 6.45) is 2.11. The summed E-state index contributed by atoms with van der Waals surface area (Å²) in [5, 5.41) is 17.5. The fourth-order valence-corrected chi connectivity index (χ4v) is 5.61. The zero-order valence-corrected chi connectivity index (χ0v) is 27.8. The van der Waals surface area contributed by atoms with E-state index < -0.39 is 10.8 Å². The van der Waals surface area contributed by atoms with Crippen molar-refractivity contribution in [3.63, 3.8) is 0 Å². The van der Waals surface area contributed by atoms with Crippen LogP contribution in [0.5, 0.6) is 23.0 Å². The Bertz CT molecular complexity index is 1560. The molecule has 1 amide bonds. The van der Waals surface area contributed by atoms with E-state index in [0.717, 1.165) is 37.1 Å². The summed E-state index contributed by atoms with van der Waals surface area (Å²) < 4.78 is 21.9. The first-order valence-corrected chi connectivity index (χ1v) is 15.0. The maximum Gasteiger partial charge on any atom is 0.251 e. The van der Waals surface area contributed by atoms with Gasteiger partial charge in [-0.25, -0.2) is 0 Å². The molecule has 1 unspecified atom stereocenters. The van der Waals surface area contributed by atoms with Gasteiger partial charge in [-0.05, 0) is 85.9 Å². The van der Waals surface area contributed by atoms with Gasteiger partial charge in [-0.2, -0.15) is 5.26 Å². The first-order chi connectivity index (χ1) is 22.1. The van der Waals surface area contributed by atoms with Gasteiger partial charge in [0.2, 0.25) is 0 Å². The summed E-state index contributed by atoms with van der Waals surface area (Å²) in [6.45, 7) is 5.83. The second-order valence-electron chi connectivity index (χ2n) is 11.7. The molecule has 3 aromatic rings. The van der Waals surface area contributed by atoms with Gasteiger partial charge in [0.15, 0.2) is 23.0 Å². The minimum atomic E-state index is -0.977. The van der Waals surface area contributed by atoms with E-state index in [-0.39, 0.29) is 12.5 Å². The standard InChI is InChI=1S/C35H44N6O5/c1-34(2,24-38-33(42)26-10-13-28(14-11-26)39-40-37)35(23-36,27-12-16-30(44-5)32(22-27)46-7)18-8-19-41(3)20-17-25-9-15-29(43-4)31(21-25)45-6/h9-16,21-22H,8,17-20,24H2,1-7H3,(H,38,42). The Morgan fingerprint density at radius 1 is 0.913 bits per heavy atom. The Kier molecular flexibility index (Phi) is 12.7. The molecule has 3 rings (SSSR count). The number of azide groups is 1. The van der Waals surface area contributed by atoms with E-state index in [2.05, 4.69) is 33.4 Å². The summed E-state index contributed by atoms with van der Waals surface area (Å²) in [5.41, 5.74) is 9.77. The number of amides is 1. The molecule has 1 atom stereocenters. The number of nitriles is 1. The smallest absolute Gasteiger partial charge is 0.251 e. The Labute approximate surface area is 271 Å². The molecule has 0 aromatic heterocycles. The lowest BCUT2D eigenvalue weighted by atomic mass is 9.60. The van der Waals surface area contributed by atoms with Crippen molar-refractivity contribution in [3.05, 3.63) is 87.8 Å². The van der Waals surface area contributed by atoms with E-state index in [9.17, 15) is 10.1 Å². The van der Waals surface area contributed by atoms with E-state index in [4.69, 9.17) is 24.5 Å². The number of carbonyl (C=O) groups is 1. The molecule has 46 heavy (non-hydrogen) atoms. The van der Waals surface area contributed by atoms with Gasteiger partial charge in [0.1, 0.15) is 0 Å². The summed E-state index contributed by atoms with van der Waals surface area (Å²) >= 11 is 0. The summed E-state index contributed by atoms with van der Waals surface area (Å²) in [5.74, 6) is 2.23. The molecule has 0 bridgehead atoms. The molecule has 0 heterocycles. The van der Waals surface area contributed by atoms with Gasteiger partial charge in [0.25, 0.3) is 5.91 Å². The van der Waals surface area contributed by atoms with Crippen LogP contribution in [0.25, 0.3) is 10.4 Å². The van der Waals surface area contributed by atoms with Crippen LogP contribution in [0, 0.1) is 16.7 Å². The van der Waals surface area contributed by atoms with Crippen molar-refractivity contribution < 1.29 is 23.7 Å². The lowest BCUT2D eigenvalue weighted by Gasteiger charge is -2.43. The number of carbonyl (C=O) groups excluding carboxylic acids is 1. The number of nitrogens with one attached hydrogen (secondary N) is 1. The highest BCUT2D eigenvalue weighted by Gasteiger charge is 2.47. The van der Waals surface area contributed by atoms with Gasteiger partial charge in [0.05, 0.1) is 39.9 Å². The van der Waals surface area contributed by atoms with Crippen molar-refractivity contribution in [1.82, 2.24) is 10.2 Å². The molecule has 3 aromatic carbocycles. The van der Waals surface area contributed by atoms with Crippen molar-refractivity contribution in [2.75, 3.05) is 55.1 Å². The Hall–Kier alpha value is -4.91. The van der Waals surface area contributed by atoms with Crippen LogP contribution in [-0.4, -0.2) is 65.9 Å². The topological polar surface area (TPSA) is 142 Å². The van der Waals surface area contributed by atoms with Gasteiger partial charge in [-0.3, -0.25) is 4.79 Å². The SMILES string of the molecule is COc1ccc(CCN(C)CCCC(C#N)(c2ccc(OC)c(OC)c2)C(C)(C)CNC(=O)c2ccc(N=[N+]=[N-])cc2)cc1OC. The van der Waals surface area contributed by atoms with E-state index >= 15 is 0 Å². The highest BCUT2D eigenvalue weighted by Crippen LogP contribution is 2.47. The molecule has 0 aliphatic carbocycles. The number of nitrogens with zero attached hydrogens (tertiary/aromatic N) is 5. The third-order valence-electron chi connectivity index (χ3n) is 8.52. The Morgan fingerprint density at radius 2 is 1.52 bits per heavy atom. The average Bonchev–Trinajstić information content (AvgIpc) is 3.08. The number of hydrogen-bond donors (Lipinski definition) is 1. The van der Waals surface area contributed by atoms with Crippen molar-refractivity contribution in [3.8, 4) is 29.1 Å². The maximum atomic E-state index is 13.1. The van der Waals surface area contributed by atoms with Crippen LogP contribution in [0.15, 0.2) is 65.8 Å². The molecule has 0 fully saturated rings. The Balaban J connectivity index is 1.80. The largest absolute Gasteiger partial charge is 0.493 e. The zero-order valence-electron chi connectivity index (χ0n) is 27.8. The highest BCUT2D eigenvalue weighted by molar-refractivity contribution is 5.94. The summed E-state index contributed by atoms with van der Waals surface area (Å²) in [7, 11) is 8.47. The molecule has 11 heteroatoms. The third kappa shape index (κ3) is 8.42. The zero-order chi connectivity index (χ0) is 33.7. The van der Waals surface area contributed by atoms with Crippen LogP contribution in [0.4, 0.5) is 5.69 Å². The number of benzene rings is 3. The third-order valence-corrected chi connectivity index (χ3v) is 8.52. The number of ether oxygens (including phenoxy) is 4. The van der Waals surface area contributed by atoms with E-state index in [1.165, 1.54) is 0 Å². The number of hydrogen-bond acceptors (Lipinski definition) is 8. The number of methoxy groups -OCH3 is 4. The van der Waals surface area contributed by atoms with Crippen LogP contribution < -0.4 is 24.3 Å². The van der Waals surface area contributed by atoms with Crippen molar-refractivity contribution in [2.24, 2.45) is 10.5 Å². The van der Waals surface area contributed by atoms with Crippen molar-refractivity contribution >= 4 is 11.6 Å². The molecule has 0 aliphatic rings. The van der Waals surface area contributed by atoms with Gasteiger partial charge in [0, 0.05) is 34.7 Å². The first kappa shape index (κ1) is 35.6. The molecule has 244 valence electrons. The van der Waals surface area contributed by atoms with Crippen LogP contribution >= 0.6 is 0 Å². The first-order valence-electron chi connectivity index (χ1n) is 15.0. The molecule has 11 nitrogen and oxygen atoms in total. The highest BCUT2D eigenvalue weighted by atomic mass is 16.5. The summed E-state index contributed by atoms with van der Waals surface area (Å²) in [4.78, 5) is 18.1. The van der Waals surface area contributed by atoms with Crippen LogP contribution in [0.2, 0.25) is 0 Å². The van der Waals surface area contributed by atoms with Crippen molar-refractivity contribution in [2.45, 2.75) is 38.5 Å². The molecular formula is C35H44N6O5. The monoisotopic (exact) mass is 628 g/mol. The fourth-order valence-electron chi connectivity index (χ4n) is 5.61. The maximum absolute atomic E-state index is 13.1. The predicted octanol–water partition coefficient (Wildman–Crippen LogP) is 6.84. The van der Waals surface area contributed by atoms with Crippen molar-refractivity contribution in [1.29, 1.82) is 5.26 Å². The summed E-state index contributed by atoms with van der Waals surface area (Å²) in [6, 6.07) is 20.6. The number of likely N-dealkylation sites (N-methyl/N-ethyl adjacent to an activating group) is 1. The quantitative estimate of drug-likeness (QED) is 0.0980. The van der Waals surface area contributed by atoms with Gasteiger partial charge in [-0.15, -0.1) is 0 Å². The fraction of sp³-hybridized carbons (Fsp3) is 0.429. The average molecular weight is 629 g/mol. The van der Waals surface area contributed by atoms with Crippen LogP contribution in [0.3, 0.4) is 0 Å².